The van der Waals surface area contributed by atoms with Gasteiger partial charge in [0.25, 0.3) is 0 Å². The Morgan fingerprint density at radius 3 is 2.52 bits per heavy atom. The topological polar surface area (TPSA) is 80.0 Å². The molecule has 0 unspecified atom stereocenters. The largest absolute Gasteiger partial charge is 0.465 e. The summed E-state index contributed by atoms with van der Waals surface area (Å²) in [5.74, 6) is -1.49. The second kappa shape index (κ2) is 7.46. The minimum absolute atomic E-state index is 0.0172. The van der Waals surface area contributed by atoms with Crippen LogP contribution in [0.3, 0.4) is 0 Å². The molecule has 0 aliphatic carbocycles. The van der Waals surface area contributed by atoms with Crippen molar-refractivity contribution in [2.75, 3.05) is 6.61 Å². The van der Waals surface area contributed by atoms with Gasteiger partial charge in [-0.25, -0.2) is 4.98 Å². The quantitative estimate of drug-likeness (QED) is 0.463. The Labute approximate surface area is 134 Å². The Bertz CT molecular complexity index is 668. The lowest BCUT2D eigenvalue weighted by Gasteiger charge is -2.15. The number of rotatable bonds is 5. The summed E-state index contributed by atoms with van der Waals surface area (Å²) in [6, 6.07) is 2.19. The number of ether oxygens (including phenoxy) is 1. The number of carbonyl (C=O) groups excluding carboxylic acids is 2. The number of aryl methyl sites for hydroxylation is 1. The molecule has 0 aliphatic rings. The molecule has 0 radical (unpaired) electrons. The van der Waals surface area contributed by atoms with Crippen LogP contribution in [0.5, 0.6) is 0 Å². The standard InChI is InChI=1S/C14H13F3N2O3S/c1-4-22-13(21)11(8(3)20)23-12-9(6-18)10(14(15,16)17)5-7(2)19-12/h5,11H,4H2,1-3H3/t11-/m1/s1. The van der Waals surface area contributed by atoms with Gasteiger partial charge in [-0.1, -0.05) is 11.8 Å². The fourth-order valence-electron chi connectivity index (χ4n) is 1.69. The molecule has 0 saturated carbocycles. The Balaban J connectivity index is 3.37. The maximum atomic E-state index is 13.0. The molecule has 0 N–H and O–H groups in total. The predicted molar refractivity (Wildman–Crippen MR) is 75.7 cm³/mol. The van der Waals surface area contributed by atoms with Crippen LogP contribution in [0.1, 0.15) is 30.7 Å². The third-order valence-corrected chi connectivity index (χ3v) is 3.91. The Morgan fingerprint density at radius 1 is 1.48 bits per heavy atom. The van der Waals surface area contributed by atoms with Crippen molar-refractivity contribution in [3.05, 3.63) is 22.9 Å². The zero-order valence-corrected chi connectivity index (χ0v) is 13.3. The summed E-state index contributed by atoms with van der Waals surface area (Å²) >= 11 is 0.483. The van der Waals surface area contributed by atoms with E-state index in [0.29, 0.717) is 11.8 Å². The number of nitrogens with zero attached hydrogens (tertiary/aromatic N) is 2. The number of alkyl halides is 3. The van der Waals surface area contributed by atoms with E-state index in [1.165, 1.54) is 19.9 Å². The molecular weight excluding hydrogens is 333 g/mol. The Kier molecular flexibility index (Phi) is 6.15. The van der Waals surface area contributed by atoms with E-state index in [4.69, 9.17) is 10.00 Å². The highest BCUT2D eigenvalue weighted by Gasteiger charge is 2.37. The van der Waals surface area contributed by atoms with Crippen molar-refractivity contribution in [2.24, 2.45) is 0 Å². The smallest absolute Gasteiger partial charge is 0.417 e. The van der Waals surface area contributed by atoms with E-state index in [0.717, 1.165) is 13.0 Å². The maximum absolute atomic E-state index is 13.0. The van der Waals surface area contributed by atoms with Gasteiger partial charge in [0, 0.05) is 5.69 Å². The number of hydrogen-bond donors (Lipinski definition) is 0. The number of thioether (sulfide) groups is 1. The van der Waals surface area contributed by atoms with Gasteiger partial charge in [0.1, 0.15) is 11.1 Å². The molecule has 124 valence electrons. The summed E-state index contributed by atoms with van der Waals surface area (Å²) in [6.45, 7) is 3.99. The van der Waals surface area contributed by atoms with Crippen LogP contribution in [0.25, 0.3) is 0 Å². The van der Waals surface area contributed by atoms with Crippen molar-refractivity contribution in [1.82, 2.24) is 4.98 Å². The van der Waals surface area contributed by atoms with Crippen molar-refractivity contribution >= 4 is 23.5 Å². The average molecular weight is 346 g/mol. The number of carbonyl (C=O) groups is 2. The van der Waals surface area contributed by atoms with Gasteiger partial charge < -0.3 is 4.74 Å². The summed E-state index contributed by atoms with van der Waals surface area (Å²) in [5.41, 5.74) is -1.85. The molecule has 23 heavy (non-hydrogen) atoms. The van der Waals surface area contributed by atoms with Crippen LogP contribution in [0.15, 0.2) is 11.1 Å². The summed E-state index contributed by atoms with van der Waals surface area (Å²) in [4.78, 5) is 27.2. The lowest BCUT2D eigenvalue weighted by atomic mass is 10.1. The first-order valence-electron chi connectivity index (χ1n) is 6.44. The number of hydrogen-bond acceptors (Lipinski definition) is 6. The second-order valence-corrected chi connectivity index (χ2v) is 5.56. The first kappa shape index (κ1) is 19.0. The van der Waals surface area contributed by atoms with E-state index in [1.807, 2.05) is 0 Å². The van der Waals surface area contributed by atoms with E-state index in [1.54, 1.807) is 0 Å². The number of aromatic nitrogens is 1. The molecule has 1 atom stereocenters. The number of nitriles is 1. The van der Waals surface area contributed by atoms with Gasteiger partial charge in [-0.15, -0.1) is 0 Å². The Hall–Kier alpha value is -2.08. The monoisotopic (exact) mass is 346 g/mol. The van der Waals surface area contributed by atoms with E-state index in [-0.39, 0.29) is 17.3 Å². The molecule has 0 fully saturated rings. The Morgan fingerprint density at radius 2 is 2.09 bits per heavy atom. The highest BCUT2D eigenvalue weighted by atomic mass is 32.2. The lowest BCUT2D eigenvalue weighted by molar-refractivity contribution is -0.144. The molecule has 0 amide bonds. The predicted octanol–water partition coefficient (Wildman–Crippen LogP) is 2.89. The van der Waals surface area contributed by atoms with Gasteiger partial charge in [0.2, 0.25) is 0 Å². The summed E-state index contributed by atoms with van der Waals surface area (Å²) < 4.78 is 43.8. The molecule has 1 aromatic heterocycles. The van der Waals surface area contributed by atoms with Gasteiger partial charge in [-0.3, -0.25) is 9.59 Å². The maximum Gasteiger partial charge on any atom is 0.417 e. The van der Waals surface area contributed by atoms with E-state index < -0.39 is 34.3 Å². The van der Waals surface area contributed by atoms with Crippen LogP contribution in [0, 0.1) is 18.3 Å². The fourth-order valence-corrected chi connectivity index (χ4v) is 2.71. The minimum Gasteiger partial charge on any atom is -0.465 e. The van der Waals surface area contributed by atoms with Crippen LogP contribution < -0.4 is 0 Å². The van der Waals surface area contributed by atoms with Crippen molar-refractivity contribution in [3.63, 3.8) is 0 Å². The van der Waals surface area contributed by atoms with Crippen LogP contribution in [-0.4, -0.2) is 28.6 Å². The molecular formula is C14H13F3N2O3S. The van der Waals surface area contributed by atoms with Gasteiger partial charge in [-0.05, 0) is 26.8 Å². The van der Waals surface area contributed by atoms with Crippen molar-refractivity contribution in [1.29, 1.82) is 5.26 Å². The van der Waals surface area contributed by atoms with Gasteiger partial charge in [0.05, 0.1) is 17.7 Å². The number of Topliss-reactive ketones (excluding diaryl/α,β-unsaturated/α-hetero) is 1. The third kappa shape index (κ3) is 4.69. The van der Waals surface area contributed by atoms with E-state index in [9.17, 15) is 22.8 Å². The molecule has 5 nitrogen and oxygen atoms in total. The van der Waals surface area contributed by atoms with Crippen molar-refractivity contribution < 1.29 is 27.5 Å². The molecule has 0 bridgehead atoms. The number of halogens is 3. The molecule has 1 aromatic rings. The fraction of sp³-hybridized carbons (Fsp3) is 0.429. The summed E-state index contributed by atoms with van der Waals surface area (Å²) in [7, 11) is 0. The molecule has 9 heteroatoms. The second-order valence-electron chi connectivity index (χ2n) is 4.46. The van der Waals surface area contributed by atoms with Gasteiger partial charge >= 0.3 is 12.1 Å². The van der Waals surface area contributed by atoms with Crippen LogP contribution in [0.4, 0.5) is 13.2 Å². The number of esters is 1. The van der Waals surface area contributed by atoms with Crippen molar-refractivity contribution in [3.8, 4) is 6.07 Å². The summed E-state index contributed by atoms with van der Waals surface area (Å²) in [6.07, 6.45) is -4.75. The highest BCUT2D eigenvalue weighted by molar-refractivity contribution is 8.01. The molecule has 0 aliphatic heterocycles. The molecule has 0 aromatic carbocycles. The number of ketones is 1. The molecule has 0 spiro atoms. The lowest BCUT2D eigenvalue weighted by Crippen LogP contribution is -2.27. The first-order chi connectivity index (χ1) is 10.6. The zero-order chi connectivity index (χ0) is 17.8. The number of pyridine rings is 1. The van der Waals surface area contributed by atoms with Crippen LogP contribution in [-0.2, 0) is 20.5 Å². The van der Waals surface area contributed by atoms with Crippen molar-refractivity contribution in [2.45, 2.75) is 37.2 Å². The summed E-state index contributed by atoms with van der Waals surface area (Å²) in [5, 5.41) is 7.34. The molecule has 1 rings (SSSR count). The highest BCUT2D eigenvalue weighted by Crippen LogP contribution is 2.37. The van der Waals surface area contributed by atoms with E-state index in [2.05, 4.69) is 4.98 Å². The van der Waals surface area contributed by atoms with Gasteiger partial charge in [-0.2, -0.15) is 18.4 Å². The third-order valence-electron chi connectivity index (χ3n) is 2.63. The SMILES string of the molecule is CCOC(=O)[C@H](Sc1nc(C)cc(C(F)(F)F)c1C#N)C(C)=O. The van der Waals surface area contributed by atoms with E-state index >= 15 is 0 Å². The van der Waals surface area contributed by atoms with Crippen LogP contribution in [0.2, 0.25) is 0 Å². The molecule has 1 heterocycles. The molecule has 0 saturated heterocycles. The first-order valence-corrected chi connectivity index (χ1v) is 7.32. The minimum atomic E-state index is -4.75. The van der Waals surface area contributed by atoms with Crippen LogP contribution >= 0.6 is 11.8 Å². The normalized spacial score (nSPS) is 12.4. The van der Waals surface area contributed by atoms with Gasteiger partial charge in [0.15, 0.2) is 11.0 Å². The zero-order valence-electron chi connectivity index (χ0n) is 12.5. The average Bonchev–Trinajstić information content (AvgIpc) is 2.42.